The van der Waals surface area contributed by atoms with Crippen molar-refractivity contribution in [3.05, 3.63) is 0 Å². The van der Waals surface area contributed by atoms with Crippen molar-refractivity contribution in [2.24, 2.45) is 5.92 Å². The number of piperazine rings is 1. The van der Waals surface area contributed by atoms with Gasteiger partial charge in [-0.2, -0.15) is 0 Å². The molecule has 0 aromatic carbocycles. The molecular weight excluding hydrogens is 226 g/mol. The maximum atomic E-state index is 13.0. The maximum Gasteiger partial charge on any atom is 0.248 e. The van der Waals surface area contributed by atoms with E-state index in [-0.39, 0.29) is 30.7 Å². The first-order chi connectivity index (χ1) is 7.99. The lowest BCUT2D eigenvalue weighted by molar-refractivity contribution is -0.142. The van der Waals surface area contributed by atoms with Crippen LogP contribution >= 0.6 is 0 Å². The third-order valence-corrected chi connectivity index (χ3v) is 3.85. The molecule has 0 unspecified atom stereocenters. The van der Waals surface area contributed by atoms with E-state index < -0.39 is 5.92 Å². The Morgan fingerprint density at radius 1 is 1.35 bits per heavy atom. The summed E-state index contributed by atoms with van der Waals surface area (Å²) in [7, 11) is 0. The zero-order valence-corrected chi connectivity index (χ0v) is 10.2. The van der Waals surface area contributed by atoms with E-state index in [9.17, 15) is 13.6 Å². The number of hydrogen-bond donors (Lipinski definition) is 1. The molecule has 2 aliphatic rings. The van der Waals surface area contributed by atoms with Crippen LogP contribution in [0.3, 0.4) is 0 Å². The largest absolute Gasteiger partial charge is 0.337 e. The molecule has 2 fully saturated rings. The summed E-state index contributed by atoms with van der Waals surface area (Å²) in [5.74, 6) is -2.66. The van der Waals surface area contributed by atoms with Crippen molar-refractivity contribution in [1.82, 2.24) is 10.2 Å². The predicted molar refractivity (Wildman–Crippen MR) is 60.9 cm³/mol. The van der Waals surface area contributed by atoms with Gasteiger partial charge in [-0.25, -0.2) is 8.78 Å². The van der Waals surface area contributed by atoms with Gasteiger partial charge in [-0.1, -0.05) is 0 Å². The lowest BCUT2D eigenvalue weighted by atomic mass is 9.85. The van der Waals surface area contributed by atoms with Gasteiger partial charge in [0.05, 0.1) is 0 Å². The van der Waals surface area contributed by atoms with Crippen LogP contribution in [0.4, 0.5) is 8.78 Å². The number of carbonyl (C=O) groups is 1. The summed E-state index contributed by atoms with van der Waals surface area (Å²) in [5.41, 5.74) is 0. The van der Waals surface area contributed by atoms with E-state index in [0.717, 1.165) is 13.1 Å². The van der Waals surface area contributed by atoms with Crippen molar-refractivity contribution in [3.8, 4) is 0 Å². The Hall–Kier alpha value is -0.710. The molecule has 1 atom stereocenters. The van der Waals surface area contributed by atoms with Gasteiger partial charge in [0.2, 0.25) is 11.8 Å². The van der Waals surface area contributed by atoms with Gasteiger partial charge in [0.25, 0.3) is 0 Å². The van der Waals surface area contributed by atoms with Gasteiger partial charge in [-0.3, -0.25) is 4.79 Å². The van der Waals surface area contributed by atoms with Gasteiger partial charge in [0.15, 0.2) is 0 Å². The summed E-state index contributed by atoms with van der Waals surface area (Å²) in [6, 6.07) is 0.179. The van der Waals surface area contributed by atoms with Crippen LogP contribution in [0.25, 0.3) is 0 Å². The third-order valence-electron chi connectivity index (χ3n) is 3.85. The van der Waals surface area contributed by atoms with E-state index in [1.54, 1.807) is 0 Å². The Bertz CT molecular complexity index is 286. The second kappa shape index (κ2) is 4.88. The molecule has 0 spiro atoms. The fourth-order valence-electron chi connectivity index (χ4n) is 2.69. The second-order valence-corrected chi connectivity index (χ2v) is 5.22. The van der Waals surface area contributed by atoms with Crippen LogP contribution in [-0.4, -0.2) is 42.4 Å². The fourth-order valence-corrected chi connectivity index (χ4v) is 2.69. The molecule has 98 valence electrons. The number of hydrogen-bond acceptors (Lipinski definition) is 2. The van der Waals surface area contributed by atoms with Gasteiger partial charge in [-0.15, -0.1) is 0 Å². The molecule has 1 aliphatic carbocycles. The van der Waals surface area contributed by atoms with E-state index in [1.807, 2.05) is 11.8 Å². The average Bonchev–Trinajstić information content (AvgIpc) is 2.29. The molecule has 2 rings (SSSR count). The quantitative estimate of drug-likeness (QED) is 0.762. The standard InChI is InChI=1S/C12H20F2N2O/c1-9-8-15-6-7-16(9)11(17)10-2-4-12(13,14)5-3-10/h9-10,15H,2-8H2,1H3/t9-/m1/s1. The molecule has 1 aliphatic heterocycles. The van der Waals surface area contributed by atoms with Crippen LogP contribution in [0.1, 0.15) is 32.6 Å². The van der Waals surface area contributed by atoms with Crippen molar-refractivity contribution in [2.75, 3.05) is 19.6 Å². The number of nitrogens with zero attached hydrogens (tertiary/aromatic N) is 1. The van der Waals surface area contributed by atoms with Gasteiger partial charge in [0, 0.05) is 44.4 Å². The Balaban J connectivity index is 1.92. The normalized spacial score (nSPS) is 30.3. The molecular formula is C12H20F2N2O. The summed E-state index contributed by atoms with van der Waals surface area (Å²) < 4.78 is 26.1. The Labute approximate surface area is 101 Å². The highest BCUT2D eigenvalue weighted by molar-refractivity contribution is 5.79. The minimum atomic E-state index is -2.55. The number of halogens is 2. The average molecular weight is 246 g/mol. The highest BCUT2D eigenvalue weighted by Gasteiger charge is 2.39. The van der Waals surface area contributed by atoms with Crippen LogP contribution in [0.5, 0.6) is 0 Å². The number of alkyl halides is 2. The lowest BCUT2D eigenvalue weighted by Gasteiger charge is -2.38. The van der Waals surface area contributed by atoms with Crippen molar-refractivity contribution >= 4 is 5.91 Å². The van der Waals surface area contributed by atoms with Crippen LogP contribution < -0.4 is 5.32 Å². The molecule has 0 aromatic rings. The monoisotopic (exact) mass is 246 g/mol. The van der Waals surface area contributed by atoms with Crippen LogP contribution in [0.2, 0.25) is 0 Å². The number of carbonyl (C=O) groups excluding carboxylic acids is 1. The topological polar surface area (TPSA) is 32.3 Å². The summed E-state index contributed by atoms with van der Waals surface area (Å²) in [5, 5.41) is 3.22. The van der Waals surface area contributed by atoms with E-state index in [0.29, 0.717) is 19.4 Å². The Morgan fingerprint density at radius 2 is 2.00 bits per heavy atom. The van der Waals surface area contributed by atoms with Crippen molar-refractivity contribution in [3.63, 3.8) is 0 Å². The molecule has 0 aromatic heterocycles. The molecule has 3 nitrogen and oxygen atoms in total. The molecule has 1 amide bonds. The first-order valence-corrected chi connectivity index (χ1v) is 6.39. The number of nitrogens with one attached hydrogen (secondary N) is 1. The second-order valence-electron chi connectivity index (χ2n) is 5.22. The Kier molecular flexibility index (Phi) is 3.66. The van der Waals surface area contributed by atoms with Crippen molar-refractivity contribution < 1.29 is 13.6 Å². The minimum absolute atomic E-state index is 0.0782. The predicted octanol–water partition coefficient (Wildman–Crippen LogP) is 1.63. The molecule has 1 N–H and O–H groups in total. The maximum absolute atomic E-state index is 13.0. The van der Waals surface area contributed by atoms with E-state index >= 15 is 0 Å². The van der Waals surface area contributed by atoms with Crippen molar-refractivity contribution in [2.45, 2.75) is 44.6 Å². The van der Waals surface area contributed by atoms with Gasteiger partial charge in [0.1, 0.15) is 0 Å². The number of amides is 1. The van der Waals surface area contributed by atoms with Gasteiger partial charge >= 0.3 is 0 Å². The first kappa shape index (κ1) is 12.7. The Morgan fingerprint density at radius 3 is 2.59 bits per heavy atom. The highest BCUT2D eigenvalue weighted by atomic mass is 19.3. The minimum Gasteiger partial charge on any atom is -0.337 e. The molecule has 1 saturated heterocycles. The van der Waals surface area contributed by atoms with E-state index in [4.69, 9.17) is 0 Å². The molecule has 0 bridgehead atoms. The molecule has 17 heavy (non-hydrogen) atoms. The zero-order valence-electron chi connectivity index (χ0n) is 10.2. The lowest BCUT2D eigenvalue weighted by Crippen LogP contribution is -2.54. The van der Waals surface area contributed by atoms with E-state index in [1.165, 1.54) is 0 Å². The summed E-state index contributed by atoms with van der Waals surface area (Å²) >= 11 is 0. The number of rotatable bonds is 1. The SMILES string of the molecule is C[C@@H]1CNCCN1C(=O)C1CCC(F)(F)CC1. The first-order valence-electron chi connectivity index (χ1n) is 6.39. The fraction of sp³-hybridized carbons (Fsp3) is 0.917. The third kappa shape index (κ3) is 2.94. The van der Waals surface area contributed by atoms with Crippen molar-refractivity contribution in [1.29, 1.82) is 0 Å². The molecule has 1 heterocycles. The summed E-state index contributed by atoms with van der Waals surface area (Å²) in [6.07, 6.45) is 0.402. The van der Waals surface area contributed by atoms with Crippen LogP contribution in [0.15, 0.2) is 0 Å². The molecule has 0 radical (unpaired) electrons. The summed E-state index contributed by atoms with van der Waals surface area (Å²) in [6.45, 7) is 4.31. The molecule has 5 heteroatoms. The highest BCUT2D eigenvalue weighted by Crippen LogP contribution is 2.37. The van der Waals surface area contributed by atoms with Gasteiger partial charge in [-0.05, 0) is 19.8 Å². The van der Waals surface area contributed by atoms with Crippen LogP contribution in [-0.2, 0) is 4.79 Å². The van der Waals surface area contributed by atoms with Gasteiger partial charge < -0.3 is 10.2 Å². The molecule has 1 saturated carbocycles. The smallest absolute Gasteiger partial charge is 0.248 e. The van der Waals surface area contributed by atoms with Crippen LogP contribution in [0, 0.1) is 5.92 Å². The summed E-state index contributed by atoms with van der Waals surface area (Å²) in [4.78, 5) is 14.1. The van der Waals surface area contributed by atoms with E-state index in [2.05, 4.69) is 5.32 Å². The zero-order chi connectivity index (χ0) is 12.5.